The number of sulfone groups is 1. The van der Waals surface area contributed by atoms with Crippen LogP contribution in [0.1, 0.15) is 24.6 Å². The quantitative estimate of drug-likeness (QED) is 0.879. The molecule has 1 aliphatic rings. The Balaban J connectivity index is 2.11. The average molecular weight is 254 g/mol. The molecule has 1 unspecified atom stereocenters. The summed E-state index contributed by atoms with van der Waals surface area (Å²) < 4.78 is 22.8. The molecule has 1 fully saturated rings. The summed E-state index contributed by atoms with van der Waals surface area (Å²) in [5.74, 6) is 0.976. The fraction of sp³-hybridized carbons (Fsp3) is 0.583. The van der Waals surface area contributed by atoms with Crippen molar-refractivity contribution in [3.8, 4) is 0 Å². The van der Waals surface area contributed by atoms with Crippen LogP contribution in [0.25, 0.3) is 0 Å². The average Bonchev–Trinajstić information content (AvgIpc) is 2.33. The van der Waals surface area contributed by atoms with Crippen molar-refractivity contribution in [1.29, 1.82) is 0 Å². The zero-order valence-electron chi connectivity index (χ0n) is 9.96. The largest absolute Gasteiger partial charge is 0.311 e. The van der Waals surface area contributed by atoms with E-state index < -0.39 is 9.84 Å². The van der Waals surface area contributed by atoms with Gasteiger partial charge in [-0.25, -0.2) is 8.42 Å². The highest BCUT2D eigenvalue weighted by molar-refractivity contribution is 7.91. The summed E-state index contributed by atoms with van der Waals surface area (Å²) in [6.45, 7) is 0. The summed E-state index contributed by atoms with van der Waals surface area (Å²) in [5, 5.41) is 3.26. The molecule has 1 atom stereocenters. The van der Waals surface area contributed by atoms with Crippen LogP contribution in [0.15, 0.2) is 24.4 Å². The van der Waals surface area contributed by atoms with E-state index in [9.17, 15) is 8.42 Å². The van der Waals surface area contributed by atoms with Crippen molar-refractivity contribution in [2.24, 2.45) is 5.92 Å². The lowest BCUT2D eigenvalue weighted by atomic mass is 9.91. The van der Waals surface area contributed by atoms with Gasteiger partial charge in [-0.2, -0.15) is 0 Å². The van der Waals surface area contributed by atoms with Crippen molar-refractivity contribution < 1.29 is 8.42 Å². The predicted molar refractivity (Wildman–Crippen MR) is 67.4 cm³/mol. The lowest BCUT2D eigenvalue weighted by molar-refractivity contribution is 0.344. The van der Waals surface area contributed by atoms with E-state index in [0.29, 0.717) is 17.4 Å². The first kappa shape index (κ1) is 12.5. The monoisotopic (exact) mass is 254 g/mol. The van der Waals surface area contributed by atoms with Gasteiger partial charge in [0, 0.05) is 6.20 Å². The number of nitrogens with one attached hydrogen (secondary N) is 1. The summed E-state index contributed by atoms with van der Waals surface area (Å²) in [6, 6.07) is 6.00. The fourth-order valence-electron chi connectivity index (χ4n) is 2.43. The van der Waals surface area contributed by atoms with Gasteiger partial charge in [0.1, 0.15) is 9.84 Å². The van der Waals surface area contributed by atoms with E-state index >= 15 is 0 Å². The number of pyridine rings is 1. The summed E-state index contributed by atoms with van der Waals surface area (Å²) in [6.07, 6.45) is 3.23. The van der Waals surface area contributed by atoms with E-state index in [2.05, 4.69) is 10.3 Å². The zero-order valence-corrected chi connectivity index (χ0v) is 10.8. The molecule has 4 nitrogen and oxygen atoms in total. The standard InChI is InChI=1S/C12H18N2O2S/c1-13-12(11-4-2-3-7-14-11)10-5-8-17(15,16)9-6-10/h2-4,7,10,12-13H,5-6,8-9H2,1H3. The smallest absolute Gasteiger partial charge is 0.150 e. The Bertz CT molecular complexity index is 445. The molecule has 5 heteroatoms. The lowest BCUT2D eigenvalue weighted by Gasteiger charge is -2.29. The molecule has 1 aliphatic heterocycles. The summed E-state index contributed by atoms with van der Waals surface area (Å²) in [7, 11) is -0.883. The lowest BCUT2D eigenvalue weighted by Crippen LogP contribution is -2.33. The number of hydrogen-bond donors (Lipinski definition) is 1. The van der Waals surface area contributed by atoms with Crippen LogP contribution < -0.4 is 5.32 Å². The highest BCUT2D eigenvalue weighted by Gasteiger charge is 2.30. The van der Waals surface area contributed by atoms with Crippen LogP contribution in [0.5, 0.6) is 0 Å². The predicted octanol–water partition coefficient (Wildman–Crippen LogP) is 1.17. The molecule has 0 aromatic carbocycles. The van der Waals surface area contributed by atoms with Crippen molar-refractivity contribution in [3.63, 3.8) is 0 Å². The van der Waals surface area contributed by atoms with Gasteiger partial charge >= 0.3 is 0 Å². The molecule has 0 bridgehead atoms. The molecular formula is C12H18N2O2S. The number of nitrogens with zero attached hydrogens (tertiary/aromatic N) is 1. The molecule has 1 aromatic rings. The molecular weight excluding hydrogens is 236 g/mol. The van der Waals surface area contributed by atoms with Crippen molar-refractivity contribution in [1.82, 2.24) is 10.3 Å². The molecule has 2 heterocycles. The van der Waals surface area contributed by atoms with Gasteiger partial charge in [0.05, 0.1) is 23.2 Å². The first-order chi connectivity index (χ1) is 8.12. The molecule has 0 saturated carbocycles. The molecule has 17 heavy (non-hydrogen) atoms. The fourth-order valence-corrected chi connectivity index (χ4v) is 3.95. The maximum absolute atomic E-state index is 11.4. The maximum Gasteiger partial charge on any atom is 0.150 e. The van der Waals surface area contributed by atoms with Gasteiger partial charge in [-0.15, -0.1) is 0 Å². The third-order valence-corrected chi connectivity index (χ3v) is 5.10. The van der Waals surface area contributed by atoms with Gasteiger partial charge in [-0.1, -0.05) is 6.07 Å². The maximum atomic E-state index is 11.4. The Morgan fingerprint density at radius 1 is 1.35 bits per heavy atom. The normalized spacial score (nSPS) is 22.2. The Labute approximate surface area is 102 Å². The summed E-state index contributed by atoms with van der Waals surface area (Å²) in [5.41, 5.74) is 0.999. The number of hydrogen-bond acceptors (Lipinski definition) is 4. The van der Waals surface area contributed by atoms with Gasteiger partial charge in [0.15, 0.2) is 0 Å². The molecule has 0 amide bonds. The second-order valence-electron chi connectivity index (χ2n) is 4.51. The van der Waals surface area contributed by atoms with Crippen LogP contribution in [0.3, 0.4) is 0 Å². The Hall–Kier alpha value is -0.940. The molecule has 0 aliphatic carbocycles. The van der Waals surface area contributed by atoms with Gasteiger partial charge in [-0.3, -0.25) is 4.98 Å². The van der Waals surface area contributed by atoms with E-state index in [1.807, 2.05) is 25.2 Å². The topological polar surface area (TPSA) is 59.1 Å². The molecule has 0 radical (unpaired) electrons. The van der Waals surface area contributed by atoms with Crippen molar-refractivity contribution in [2.45, 2.75) is 18.9 Å². The first-order valence-electron chi connectivity index (χ1n) is 5.91. The Kier molecular flexibility index (Phi) is 3.79. The van der Waals surface area contributed by atoms with E-state index in [-0.39, 0.29) is 6.04 Å². The van der Waals surface area contributed by atoms with Crippen LogP contribution in [0.2, 0.25) is 0 Å². The van der Waals surface area contributed by atoms with Crippen LogP contribution >= 0.6 is 0 Å². The van der Waals surface area contributed by atoms with Crippen molar-refractivity contribution in [2.75, 3.05) is 18.6 Å². The minimum Gasteiger partial charge on any atom is -0.311 e. The van der Waals surface area contributed by atoms with Crippen LogP contribution in [-0.4, -0.2) is 32.0 Å². The van der Waals surface area contributed by atoms with Crippen LogP contribution in [0.4, 0.5) is 0 Å². The zero-order chi connectivity index (χ0) is 12.3. The first-order valence-corrected chi connectivity index (χ1v) is 7.73. The van der Waals surface area contributed by atoms with Crippen LogP contribution in [0, 0.1) is 5.92 Å². The minimum absolute atomic E-state index is 0.159. The molecule has 1 saturated heterocycles. The highest BCUT2D eigenvalue weighted by atomic mass is 32.2. The SMILES string of the molecule is CNC(c1ccccn1)C1CCS(=O)(=O)CC1. The van der Waals surface area contributed by atoms with E-state index in [1.165, 1.54) is 0 Å². The third-order valence-electron chi connectivity index (χ3n) is 3.39. The number of aromatic nitrogens is 1. The van der Waals surface area contributed by atoms with Crippen LogP contribution in [-0.2, 0) is 9.84 Å². The Morgan fingerprint density at radius 2 is 2.06 bits per heavy atom. The summed E-state index contributed by atoms with van der Waals surface area (Å²) >= 11 is 0. The highest BCUT2D eigenvalue weighted by Crippen LogP contribution is 2.30. The summed E-state index contributed by atoms with van der Waals surface area (Å²) in [4.78, 5) is 4.35. The van der Waals surface area contributed by atoms with E-state index in [0.717, 1.165) is 18.5 Å². The number of rotatable bonds is 3. The molecule has 1 aromatic heterocycles. The van der Waals surface area contributed by atoms with Crippen molar-refractivity contribution in [3.05, 3.63) is 30.1 Å². The third kappa shape index (κ3) is 3.04. The van der Waals surface area contributed by atoms with Gasteiger partial charge in [0.2, 0.25) is 0 Å². The minimum atomic E-state index is -2.79. The van der Waals surface area contributed by atoms with Gasteiger partial charge in [0.25, 0.3) is 0 Å². The molecule has 0 spiro atoms. The van der Waals surface area contributed by atoms with Gasteiger partial charge < -0.3 is 5.32 Å². The second-order valence-corrected chi connectivity index (χ2v) is 6.81. The van der Waals surface area contributed by atoms with Crippen molar-refractivity contribution >= 4 is 9.84 Å². The van der Waals surface area contributed by atoms with E-state index in [1.54, 1.807) is 6.20 Å². The second kappa shape index (κ2) is 5.14. The molecule has 2 rings (SSSR count). The Morgan fingerprint density at radius 3 is 2.59 bits per heavy atom. The molecule has 1 N–H and O–H groups in total. The van der Waals surface area contributed by atoms with E-state index in [4.69, 9.17) is 0 Å². The molecule has 94 valence electrons. The van der Waals surface area contributed by atoms with Gasteiger partial charge in [-0.05, 0) is 37.9 Å².